The van der Waals surface area contributed by atoms with Crippen LogP contribution in [0.5, 0.6) is 0 Å². The van der Waals surface area contributed by atoms with Gasteiger partial charge in [-0.3, -0.25) is 4.79 Å². The number of hydrogen-bond donors (Lipinski definition) is 3. The number of benzene rings is 3. The number of thiocarbonyl (C=S) groups is 1. The molecule has 1 amide bonds. The molecular formula is C22H17F4N3OS. The second-order valence-electron chi connectivity index (χ2n) is 6.66. The SMILES string of the molecule is Cc1c(C)c(F)c(NC(=S)Nc2ccc(NC(=O)c3ccccc3F)cc2)c(F)c1F. The maximum atomic E-state index is 14.3. The second-order valence-corrected chi connectivity index (χ2v) is 7.07. The van der Waals surface area contributed by atoms with Gasteiger partial charge < -0.3 is 16.0 Å². The van der Waals surface area contributed by atoms with Crippen LogP contribution in [0.4, 0.5) is 34.6 Å². The first-order valence-electron chi connectivity index (χ1n) is 9.06. The fraction of sp³-hybridized carbons (Fsp3) is 0.0909. The lowest BCUT2D eigenvalue weighted by Crippen LogP contribution is -2.21. The molecule has 3 aromatic rings. The quantitative estimate of drug-likeness (QED) is 0.264. The molecule has 0 saturated carbocycles. The Morgan fingerprint density at radius 1 is 0.742 bits per heavy atom. The molecular weight excluding hydrogens is 430 g/mol. The van der Waals surface area contributed by atoms with E-state index in [1.54, 1.807) is 18.2 Å². The van der Waals surface area contributed by atoms with Crippen LogP contribution >= 0.6 is 12.2 Å². The number of amides is 1. The van der Waals surface area contributed by atoms with Gasteiger partial charge in [-0.1, -0.05) is 12.1 Å². The maximum absolute atomic E-state index is 14.3. The number of nitrogens with one attached hydrogen (secondary N) is 3. The highest BCUT2D eigenvalue weighted by Crippen LogP contribution is 2.28. The lowest BCUT2D eigenvalue weighted by atomic mass is 10.1. The molecule has 160 valence electrons. The lowest BCUT2D eigenvalue weighted by molar-refractivity contribution is 0.102. The molecule has 0 unspecified atom stereocenters. The zero-order valence-electron chi connectivity index (χ0n) is 16.4. The summed E-state index contributed by atoms with van der Waals surface area (Å²) in [5, 5.41) is 7.43. The molecule has 0 aliphatic rings. The molecule has 0 aliphatic carbocycles. The van der Waals surface area contributed by atoms with Crippen LogP contribution in [0.1, 0.15) is 21.5 Å². The maximum Gasteiger partial charge on any atom is 0.258 e. The topological polar surface area (TPSA) is 53.2 Å². The molecule has 9 heteroatoms. The first-order valence-corrected chi connectivity index (χ1v) is 9.47. The fourth-order valence-corrected chi connectivity index (χ4v) is 2.97. The molecule has 4 nitrogen and oxygen atoms in total. The van der Waals surface area contributed by atoms with Crippen LogP contribution in [0.25, 0.3) is 0 Å². The third kappa shape index (κ3) is 4.83. The molecule has 0 aromatic heterocycles. The van der Waals surface area contributed by atoms with Crippen molar-refractivity contribution in [3.63, 3.8) is 0 Å². The van der Waals surface area contributed by atoms with Gasteiger partial charge in [0, 0.05) is 11.4 Å². The van der Waals surface area contributed by atoms with Gasteiger partial charge in [0.15, 0.2) is 22.6 Å². The fourth-order valence-electron chi connectivity index (χ4n) is 2.75. The van der Waals surface area contributed by atoms with E-state index < -0.39 is 34.9 Å². The van der Waals surface area contributed by atoms with Crippen LogP contribution in [0.2, 0.25) is 0 Å². The Kier molecular flexibility index (Phi) is 6.55. The molecule has 3 aromatic carbocycles. The van der Waals surface area contributed by atoms with Crippen molar-refractivity contribution in [3.05, 3.63) is 88.5 Å². The lowest BCUT2D eigenvalue weighted by Gasteiger charge is -2.15. The minimum Gasteiger partial charge on any atom is -0.332 e. The standard InChI is InChI=1S/C22H17F4N3OS/c1-11-12(2)18(25)20(19(26)17(11)24)29-22(31)28-14-9-7-13(8-10-14)27-21(30)15-5-3-4-6-16(15)23/h3-10H,1-2H3,(H,27,30)(H2,28,29,31). The zero-order chi connectivity index (χ0) is 22.7. The van der Waals surface area contributed by atoms with Crippen molar-refractivity contribution in [3.8, 4) is 0 Å². The molecule has 31 heavy (non-hydrogen) atoms. The van der Waals surface area contributed by atoms with Crippen LogP contribution in [-0.2, 0) is 0 Å². The summed E-state index contributed by atoms with van der Waals surface area (Å²) in [7, 11) is 0. The average Bonchev–Trinajstić information content (AvgIpc) is 2.75. The summed E-state index contributed by atoms with van der Waals surface area (Å²) < 4.78 is 56.0. The molecule has 0 spiro atoms. The summed E-state index contributed by atoms with van der Waals surface area (Å²) in [5.74, 6) is -4.71. The van der Waals surface area contributed by atoms with Gasteiger partial charge in [-0.25, -0.2) is 17.6 Å². The number of rotatable bonds is 4. The van der Waals surface area contributed by atoms with E-state index in [0.29, 0.717) is 11.4 Å². The highest BCUT2D eigenvalue weighted by molar-refractivity contribution is 7.80. The van der Waals surface area contributed by atoms with E-state index in [-0.39, 0.29) is 21.8 Å². The van der Waals surface area contributed by atoms with Crippen molar-refractivity contribution >= 4 is 40.3 Å². The number of carbonyl (C=O) groups excluding carboxylic acids is 1. The van der Waals surface area contributed by atoms with E-state index in [2.05, 4.69) is 16.0 Å². The molecule has 3 N–H and O–H groups in total. The van der Waals surface area contributed by atoms with Gasteiger partial charge in [-0.15, -0.1) is 0 Å². The summed E-state index contributed by atoms with van der Waals surface area (Å²) in [4.78, 5) is 12.1. The van der Waals surface area contributed by atoms with Crippen LogP contribution in [0.3, 0.4) is 0 Å². The largest absolute Gasteiger partial charge is 0.332 e. The van der Waals surface area contributed by atoms with Crippen LogP contribution in [0.15, 0.2) is 48.5 Å². The van der Waals surface area contributed by atoms with E-state index in [1.165, 1.54) is 44.2 Å². The molecule has 0 atom stereocenters. The van der Waals surface area contributed by atoms with Gasteiger partial charge >= 0.3 is 0 Å². The summed E-state index contributed by atoms with van der Waals surface area (Å²) >= 11 is 5.05. The van der Waals surface area contributed by atoms with Crippen molar-refractivity contribution in [2.75, 3.05) is 16.0 Å². The summed E-state index contributed by atoms with van der Waals surface area (Å²) in [6.07, 6.45) is 0. The van der Waals surface area contributed by atoms with E-state index >= 15 is 0 Å². The van der Waals surface area contributed by atoms with Crippen molar-refractivity contribution in [1.29, 1.82) is 0 Å². The summed E-state index contributed by atoms with van der Waals surface area (Å²) in [5.41, 5.74) is -0.101. The summed E-state index contributed by atoms with van der Waals surface area (Å²) in [6, 6.07) is 11.7. The third-order valence-corrected chi connectivity index (χ3v) is 4.81. The monoisotopic (exact) mass is 447 g/mol. The van der Waals surface area contributed by atoms with Crippen molar-refractivity contribution < 1.29 is 22.4 Å². The Morgan fingerprint density at radius 3 is 1.90 bits per heavy atom. The number of carbonyl (C=O) groups is 1. The average molecular weight is 447 g/mol. The van der Waals surface area contributed by atoms with Crippen LogP contribution in [-0.4, -0.2) is 11.0 Å². The second kappa shape index (κ2) is 9.13. The zero-order valence-corrected chi connectivity index (χ0v) is 17.3. The van der Waals surface area contributed by atoms with Crippen molar-refractivity contribution in [2.45, 2.75) is 13.8 Å². The predicted octanol–water partition coefficient (Wildman–Crippen LogP) is 5.92. The minimum absolute atomic E-state index is 0.0286. The van der Waals surface area contributed by atoms with E-state index in [4.69, 9.17) is 12.2 Å². The Hall–Kier alpha value is -3.46. The molecule has 0 heterocycles. The first-order chi connectivity index (χ1) is 14.7. The smallest absolute Gasteiger partial charge is 0.258 e. The Bertz CT molecular complexity index is 1140. The number of hydrogen-bond acceptors (Lipinski definition) is 2. The minimum atomic E-state index is -1.36. The predicted molar refractivity (Wildman–Crippen MR) is 116 cm³/mol. The van der Waals surface area contributed by atoms with Crippen molar-refractivity contribution in [1.82, 2.24) is 0 Å². The molecule has 3 rings (SSSR count). The number of halogens is 4. The molecule has 0 fully saturated rings. The van der Waals surface area contributed by atoms with E-state index in [1.807, 2.05) is 0 Å². The normalized spacial score (nSPS) is 10.5. The third-order valence-electron chi connectivity index (χ3n) is 4.61. The first kappa shape index (κ1) is 22.2. The van der Waals surface area contributed by atoms with Crippen molar-refractivity contribution in [2.24, 2.45) is 0 Å². The van der Waals surface area contributed by atoms with E-state index in [9.17, 15) is 22.4 Å². The molecule has 0 saturated heterocycles. The van der Waals surface area contributed by atoms with Gasteiger partial charge in [0.2, 0.25) is 0 Å². The van der Waals surface area contributed by atoms with Crippen LogP contribution < -0.4 is 16.0 Å². The Morgan fingerprint density at radius 2 is 1.29 bits per heavy atom. The van der Waals surface area contributed by atoms with Gasteiger partial charge in [0.25, 0.3) is 5.91 Å². The highest BCUT2D eigenvalue weighted by Gasteiger charge is 2.21. The van der Waals surface area contributed by atoms with Gasteiger partial charge in [-0.2, -0.15) is 0 Å². The molecule has 0 aliphatic heterocycles. The number of anilines is 3. The summed E-state index contributed by atoms with van der Waals surface area (Å²) in [6.45, 7) is 2.62. The van der Waals surface area contributed by atoms with E-state index in [0.717, 1.165) is 0 Å². The van der Waals surface area contributed by atoms with Gasteiger partial charge in [0.05, 0.1) is 5.56 Å². The van der Waals surface area contributed by atoms with Crippen LogP contribution in [0, 0.1) is 37.1 Å². The Labute approximate surface area is 181 Å². The molecule has 0 bridgehead atoms. The van der Waals surface area contributed by atoms with Gasteiger partial charge in [0.1, 0.15) is 11.5 Å². The highest BCUT2D eigenvalue weighted by atomic mass is 32.1. The Balaban J connectivity index is 1.67. The molecule has 0 radical (unpaired) electrons. The van der Waals surface area contributed by atoms with Gasteiger partial charge in [-0.05, 0) is 73.6 Å².